The van der Waals surface area contributed by atoms with Crippen LogP contribution in [0.25, 0.3) is 0 Å². The highest BCUT2D eigenvalue weighted by Crippen LogP contribution is 2.33. The van der Waals surface area contributed by atoms with Gasteiger partial charge in [0.05, 0.1) is 12.7 Å². The Morgan fingerprint density at radius 3 is 2.65 bits per heavy atom. The van der Waals surface area contributed by atoms with Gasteiger partial charge in [0.25, 0.3) is 0 Å². The van der Waals surface area contributed by atoms with Gasteiger partial charge in [-0.1, -0.05) is 35.2 Å². The summed E-state index contributed by atoms with van der Waals surface area (Å²) in [5, 5.41) is 23.7. The molecular weight excluding hydrogens is 322 g/mol. The van der Waals surface area contributed by atoms with Crippen molar-refractivity contribution in [3.63, 3.8) is 0 Å². The second-order valence-electron chi connectivity index (χ2n) is 5.50. The molecule has 0 atom stereocenters. The molecule has 1 fully saturated rings. The number of rotatable bonds is 5. The van der Waals surface area contributed by atoms with Crippen molar-refractivity contribution in [2.75, 3.05) is 13.7 Å². The fourth-order valence-corrected chi connectivity index (χ4v) is 3.22. The monoisotopic (exact) mass is 343 g/mol. The van der Waals surface area contributed by atoms with Crippen molar-refractivity contribution in [2.24, 2.45) is 0 Å². The van der Waals surface area contributed by atoms with Crippen LogP contribution in [0.1, 0.15) is 37.7 Å². The van der Waals surface area contributed by atoms with Crippen LogP contribution >= 0.6 is 15.9 Å². The lowest BCUT2D eigenvalue weighted by Gasteiger charge is -2.32. The summed E-state index contributed by atoms with van der Waals surface area (Å²) in [6, 6.07) is 3.59. The van der Waals surface area contributed by atoms with Crippen molar-refractivity contribution in [1.82, 2.24) is 5.32 Å². The van der Waals surface area contributed by atoms with Crippen LogP contribution in [0.15, 0.2) is 16.6 Å². The van der Waals surface area contributed by atoms with E-state index in [2.05, 4.69) is 21.2 Å². The van der Waals surface area contributed by atoms with Gasteiger partial charge in [-0.2, -0.15) is 0 Å². The Balaban J connectivity index is 1.95. The highest BCUT2D eigenvalue weighted by Gasteiger charge is 2.28. The number of phenolic OH excluding ortho intramolecular Hbond substituents is 1. The zero-order chi connectivity index (χ0) is 14.6. The minimum Gasteiger partial charge on any atom is -0.504 e. The van der Waals surface area contributed by atoms with E-state index in [-0.39, 0.29) is 5.75 Å². The maximum absolute atomic E-state index is 10.4. The third-order valence-electron chi connectivity index (χ3n) is 3.89. The fraction of sp³-hybridized carbons (Fsp3) is 0.600. The van der Waals surface area contributed by atoms with Gasteiger partial charge in [0.1, 0.15) is 0 Å². The van der Waals surface area contributed by atoms with Crippen LogP contribution in [0, 0.1) is 0 Å². The lowest BCUT2D eigenvalue weighted by molar-refractivity contribution is 0.00463. The lowest BCUT2D eigenvalue weighted by Crippen LogP contribution is -2.41. The second kappa shape index (κ2) is 6.78. The Labute approximate surface area is 128 Å². The molecule has 1 aromatic rings. The van der Waals surface area contributed by atoms with E-state index in [9.17, 15) is 10.2 Å². The predicted octanol–water partition coefficient (Wildman–Crippen LogP) is 2.95. The molecule has 0 saturated heterocycles. The van der Waals surface area contributed by atoms with E-state index < -0.39 is 5.60 Å². The Morgan fingerprint density at radius 2 is 2.00 bits per heavy atom. The topological polar surface area (TPSA) is 61.7 Å². The highest BCUT2D eigenvalue weighted by atomic mass is 79.9. The zero-order valence-corrected chi connectivity index (χ0v) is 13.4. The average molecular weight is 344 g/mol. The molecule has 0 aliphatic heterocycles. The normalized spacial score (nSPS) is 17.9. The molecule has 20 heavy (non-hydrogen) atoms. The third-order valence-corrected chi connectivity index (χ3v) is 4.35. The summed E-state index contributed by atoms with van der Waals surface area (Å²) in [6.45, 7) is 1.06. The summed E-state index contributed by atoms with van der Waals surface area (Å²) in [5.74, 6) is 0.603. The molecule has 1 saturated carbocycles. The number of nitrogens with one attached hydrogen (secondary N) is 1. The number of hydrogen-bond donors (Lipinski definition) is 3. The van der Waals surface area contributed by atoms with Gasteiger partial charge in [-0.05, 0) is 25.0 Å². The first kappa shape index (κ1) is 15.6. The van der Waals surface area contributed by atoms with E-state index in [1.54, 1.807) is 6.07 Å². The quantitative estimate of drug-likeness (QED) is 0.769. The second-order valence-corrected chi connectivity index (χ2v) is 6.42. The van der Waals surface area contributed by atoms with Crippen LogP contribution < -0.4 is 10.1 Å². The Hall–Kier alpha value is -0.780. The van der Waals surface area contributed by atoms with Gasteiger partial charge in [0, 0.05) is 23.1 Å². The van der Waals surface area contributed by atoms with E-state index in [0.717, 1.165) is 35.7 Å². The van der Waals surface area contributed by atoms with Crippen molar-refractivity contribution >= 4 is 15.9 Å². The van der Waals surface area contributed by atoms with Crippen LogP contribution in [0.3, 0.4) is 0 Å². The molecule has 4 nitrogen and oxygen atoms in total. The largest absolute Gasteiger partial charge is 0.504 e. The summed E-state index contributed by atoms with van der Waals surface area (Å²) in [5.41, 5.74) is 0.167. The SMILES string of the molecule is COc1cc(Br)cc(CNCC2(O)CCCCC2)c1O. The van der Waals surface area contributed by atoms with E-state index >= 15 is 0 Å². The molecule has 0 spiro atoms. The molecule has 0 amide bonds. The van der Waals surface area contributed by atoms with Gasteiger partial charge in [-0.25, -0.2) is 0 Å². The Bertz CT molecular complexity index is 459. The number of aliphatic hydroxyl groups is 1. The number of methoxy groups -OCH3 is 1. The molecule has 1 aliphatic rings. The fourth-order valence-electron chi connectivity index (χ4n) is 2.74. The van der Waals surface area contributed by atoms with Crippen LogP contribution in [-0.4, -0.2) is 29.5 Å². The van der Waals surface area contributed by atoms with Crippen LogP contribution in [0.2, 0.25) is 0 Å². The molecule has 3 N–H and O–H groups in total. The first-order valence-electron chi connectivity index (χ1n) is 7.02. The average Bonchev–Trinajstić information content (AvgIpc) is 2.43. The minimum atomic E-state index is -0.593. The summed E-state index contributed by atoms with van der Waals surface area (Å²) in [4.78, 5) is 0. The van der Waals surface area contributed by atoms with Crippen molar-refractivity contribution in [3.8, 4) is 11.5 Å². The number of ether oxygens (including phenoxy) is 1. The van der Waals surface area contributed by atoms with Crippen LogP contribution in [0.4, 0.5) is 0 Å². The summed E-state index contributed by atoms with van der Waals surface area (Å²) in [6.07, 6.45) is 5.11. The molecule has 0 radical (unpaired) electrons. The standard InChI is InChI=1S/C15H22BrNO3/c1-20-13-8-12(16)7-11(14(13)18)9-17-10-15(19)5-3-2-4-6-15/h7-8,17-19H,2-6,9-10H2,1H3. The molecule has 5 heteroatoms. The Morgan fingerprint density at radius 1 is 1.30 bits per heavy atom. The smallest absolute Gasteiger partial charge is 0.162 e. The number of phenols is 1. The van der Waals surface area contributed by atoms with E-state index in [0.29, 0.717) is 18.8 Å². The van der Waals surface area contributed by atoms with Crippen molar-refractivity contribution in [2.45, 2.75) is 44.2 Å². The van der Waals surface area contributed by atoms with Gasteiger partial charge in [0.2, 0.25) is 0 Å². The van der Waals surface area contributed by atoms with Gasteiger partial charge in [-0.3, -0.25) is 0 Å². The summed E-state index contributed by atoms with van der Waals surface area (Å²) in [7, 11) is 1.53. The number of aromatic hydroxyl groups is 1. The van der Waals surface area contributed by atoms with Crippen molar-refractivity contribution in [1.29, 1.82) is 0 Å². The first-order chi connectivity index (χ1) is 9.54. The van der Waals surface area contributed by atoms with Gasteiger partial charge in [0.15, 0.2) is 11.5 Å². The van der Waals surface area contributed by atoms with E-state index in [4.69, 9.17) is 4.74 Å². The molecule has 1 aliphatic carbocycles. The predicted molar refractivity (Wildman–Crippen MR) is 82.1 cm³/mol. The number of hydrogen-bond acceptors (Lipinski definition) is 4. The molecule has 112 valence electrons. The van der Waals surface area contributed by atoms with Crippen molar-refractivity contribution < 1.29 is 14.9 Å². The summed E-state index contributed by atoms with van der Waals surface area (Å²) >= 11 is 3.40. The van der Waals surface area contributed by atoms with E-state index in [1.807, 2.05) is 6.07 Å². The zero-order valence-electron chi connectivity index (χ0n) is 11.8. The molecular formula is C15H22BrNO3. The number of halogens is 1. The molecule has 0 unspecified atom stereocenters. The van der Waals surface area contributed by atoms with Crippen LogP contribution in [0.5, 0.6) is 11.5 Å². The molecule has 0 heterocycles. The minimum absolute atomic E-state index is 0.152. The van der Waals surface area contributed by atoms with Crippen molar-refractivity contribution in [3.05, 3.63) is 22.2 Å². The number of benzene rings is 1. The molecule has 1 aromatic carbocycles. The van der Waals surface area contributed by atoms with Gasteiger partial charge < -0.3 is 20.3 Å². The molecule has 0 aromatic heterocycles. The van der Waals surface area contributed by atoms with Crippen LogP contribution in [-0.2, 0) is 6.54 Å². The molecule has 2 rings (SSSR count). The lowest BCUT2D eigenvalue weighted by atomic mass is 9.85. The van der Waals surface area contributed by atoms with Gasteiger partial charge in [-0.15, -0.1) is 0 Å². The maximum Gasteiger partial charge on any atom is 0.162 e. The first-order valence-corrected chi connectivity index (χ1v) is 7.82. The summed E-state index contributed by atoms with van der Waals surface area (Å²) < 4.78 is 5.99. The van der Waals surface area contributed by atoms with E-state index in [1.165, 1.54) is 13.5 Å². The Kier molecular flexibility index (Phi) is 5.29. The van der Waals surface area contributed by atoms with Gasteiger partial charge >= 0.3 is 0 Å². The maximum atomic E-state index is 10.4. The molecule has 0 bridgehead atoms. The third kappa shape index (κ3) is 3.87. The highest BCUT2D eigenvalue weighted by molar-refractivity contribution is 9.10.